The molecule has 2 heterocycles. The largest absolute Gasteiger partial charge is 0.323 e. The molecule has 5 nitrogen and oxygen atoms in total. The van der Waals surface area contributed by atoms with E-state index in [2.05, 4.69) is 21.2 Å². The zero-order valence-corrected chi connectivity index (χ0v) is 16.5. The van der Waals surface area contributed by atoms with Gasteiger partial charge in [-0.05, 0) is 47.5 Å². The molecular formula is C16H10BrClN2O3S2. The monoisotopic (exact) mass is 456 g/mol. The van der Waals surface area contributed by atoms with Crippen LogP contribution >= 0.6 is 50.6 Å². The molecule has 1 aromatic heterocycles. The quantitative estimate of drug-likeness (QED) is 0.667. The van der Waals surface area contributed by atoms with Crippen LogP contribution in [0.25, 0.3) is 6.08 Å². The molecule has 0 atom stereocenters. The first-order valence-electron chi connectivity index (χ1n) is 6.98. The van der Waals surface area contributed by atoms with Gasteiger partial charge in [-0.2, -0.15) is 0 Å². The first-order valence-corrected chi connectivity index (χ1v) is 9.84. The van der Waals surface area contributed by atoms with E-state index in [0.29, 0.717) is 15.6 Å². The standard InChI is InChI=1S/C16H10BrClN2O3S2/c17-9-3-4-12(11(18)6-9)19-14(21)8-20-15(22)13(25-16(20)23)7-10-2-1-5-24-10/h1-7H,8H2,(H,19,21)/b13-7-. The van der Waals surface area contributed by atoms with E-state index in [-0.39, 0.29) is 6.54 Å². The van der Waals surface area contributed by atoms with Crippen LogP contribution in [0.5, 0.6) is 0 Å². The van der Waals surface area contributed by atoms with Crippen LogP contribution < -0.4 is 5.32 Å². The second-order valence-corrected chi connectivity index (χ2v) is 8.25. The normalized spacial score (nSPS) is 15.9. The number of nitrogens with zero attached hydrogens (tertiary/aromatic N) is 1. The first-order chi connectivity index (χ1) is 11.9. The van der Waals surface area contributed by atoms with Crippen LogP contribution in [0.1, 0.15) is 4.88 Å². The lowest BCUT2D eigenvalue weighted by Crippen LogP contribution is -2.36. The van der Waals surface area contributed by atoms with Gasteiger partial charge < -0.3 is 5.32 Å². The predicted molar refractivity (Wildman–Crippen MR) is 105 cm³/mol. The molecule has 1 fully saturated rings. The van der Waals surface area contributed by atoms with E-state index in [9.17, 15) is 14.4 Å². The molecule has 128 valence electrons. The van der Waals surface area contributed by atoms with Crippen molar-refractivity contribution in [1.82, 2.24) is 4.90 Å². The molecule has 3 amide bonds. The number of carbonyl (C=O) groups is 3. The van der Waals surface area contributed by atoms with Crippen LogP contribution in [0.4, 0.5) is 10.5 Å². The topological polar surface area (TPSA) is 66.5 Å². The number of hydrogen-bond donors (Lipinski definition) is 1. The van der Waals surface area contributed by atoms with Crippen molar-refractivity contribution in [2.24, 2.45) is 0 Å². The molecule has 0 spiro atoms. The second-order valence-electron chi connectivity index (χ2n) is 4.96. The summed E-state index contributed by atoms with van der Waals surface area (Å²) in [5, 5.41) is 4.37. The summed E-state index contributed by atoms with van der Waals surface area (Å²) in [6.45, 7) is -0.362. The molecule has 1 aliphatic heterocycles. The Morgan fingerprint density at radius 3 is 2.80 bits per heavy atom. The number of hydrogen-bond acceptors (Lipinski definition) is 5. The number of thiophene rings is 1. The van der Waals surface area contributed by atoms with Gasteiger partial charge in [0.05, 0.1) is 15.6 Å². The summed E-state index contributed by atoms with van der Waals surface area (Å²) in [5.74, 6) is -0.968. The van der Waals surface area contributed by atoms with Crippen molar-refractivity contribution in [3.05, 3.63) is 55.0 Å². The Kier molecular flexibility index (Phi) is 5.63. The average Bonchev–Trinajstić information content (AvgIpc) is 3.15. The number of imide groups is 1. The van der Waals surface area contributed by atoms with E-state index in [1.54, 1.807) is 24.3 Å². The van der Waals surface area contributed by atoms with Crippen molar-refractivity contribution in [3.8, 4) is 0 Å². The third-order valence-electron chi connectivity index (χ3n) is 3.20. The number of carbonyl (C=O) groups excluding carboxylic acids is 3. The number of halogens is 2. The molecule has 1 N–H and O–H groups in total. The minimum absolute atomic E-state index is 0.307. The minimum Gasteiger partial charge on any atom is -0.323 e. The molecule has 9 heteroatoms. The highest BCUT2D eigenvalue weighted by Crippen LogP contribution is 2.33. The maximum Gasteiger partial charge on any atom is 0.294 e. The van der Waals surface area contributed by atoms with Gasteiger partial charge in [-0.1, -0.05) is 33.6 Å². The zero-order valence-electron chi connectivity index (χ0n) is 12.5. The van der Waals surface area contributed by atoms with E-state index < -0.39 is 17.1 Å². The summed E-state index contributed by atoms with van der Waals surface area (Å²) in [5.41, 5.74) is 0.413. The van der Waals surface area contributed by atoms with Crippen molar-refractivity contribution < 1.29 is 14.4 Å². The Labute approximate surface area is 165 Å². The predicted octanol–water partition coefficient (Wildman–Crippen LogP) is 4.84. The molecule has 25 heavy (non-hydrogen) atoms. The Balaban J connectivity index is 1.69. The summed E-state index contributed by atoms with van der Waals surface area (Å²) in [7, 11) is 0. The van der Waals surface area contributed by atoms with Crippen molar-refractivity contribution in [1.29, 1.82) is 0 Å². The lowest BCUT2D eigenvalue weighted by Gasteiger charge is -2.13. The summed E-state index contributed by atoms with van der Waals surface area (Å²) < 4.78 is 0.778. The van der Waals surface area contributed by atoms with E-state index in [1.807, 2.05) is 17.5 Å². The molecule has 1 aromatic carbocycles. The van der Waals surface area contributed by atoms with E-state index in [1.165, 1.54) is 11.3 Å². The van der Waals surface area contributed by atoms with Gasteiger partial charge in [0, 0.05) is 9.35 Å². The van der Waals surface area contributed by atoms with Gasteiger partial charge in [-0.15, -0.1) is 11.3 Å². The SMILES string of the molecule is O=C(CN1C(=O)S/C(=C\c2cccs2)C1=O)Nc1ccc(Br)cc1Cl. The second kappa shape index (κ2) is 7.74. The third kappa shape index (κ3) is 4.33. The van der Waals surface area contributed by atoms with Crippen molar-refractivity contribution in [3.63, 3.8) is 0 Å². The van der Waals surface area contributed by atoms with Gasteiger partial charge >= 0.3 is 0 Å². The highest BCUT2D eigenvalue weighted by Gasteiger charge is 2.36. The molecule has 0 radical (unpaired) electrons. The van der Waals surface area contributed by atoms with Crippen LogP contribution in [0, 0.1) is 0 Å². The third-order valence-corrected chi connectivity index (χ3v) is 5.73. The fraction of sp³-hybridized carbons (Fsp3) is 0.0625. The van der Waals surface area contributed by atoms with Gasteiger partial charge in [0.2, 0.25) is 5.91 Å². The highest BCUT2D eigenvalue weighted by molar-refractivity contribution is 9.10. The fourth-order valence-corrected chi connectivity index (χ4v) is 4.34. The molecule has 0 unspecified atom stereocenters. The van der Waals surface area contributed by atoms with Crippen molar-refractivity contribution in [2.45, 2.75) is 0 Å². The Bertz CT molecular complexity index is 884. The van der Waals surface area contributed by atoms with Crippen molar-refractivity contribution in [2.75, 3.05) is 11.9 Å². The maximum atomic E-state index is 12.4. The Hall–Kier alpha value is -1.61. The maximum absolute atomic E-state index is 12.4. The van der Waals surface area contributed by atoms with Crippen LogP contribution in [0.15, 0.2) is 45.1 Å². The van der Waals surface area contributed by atoms with E-state index in [0.717, 1.165) is 26.0 Å². The highest BCUT2D eigenvalue weighted by atomic mass is 79.9. The van der Waals surface area contributed by atoms with Crippen LogP contribution in [0.2, 0.25) is 5.02 Å². The molecule has 0 aliphatic carbocycles. The Morgan fingerprint density at radius 1 is 1.32 bits per heavy atom. The van der Waals surface area contributed by atoms with E-state index in [4.69, 9.17) is 11.6 Å². The molecule has 2 aromatic rings. The lowest BCUT2D eigenvalue weighted by atomic mass is 10.3. The summed E-state index contributed by atoms with van der Waals surface area (Å²) in [6.07, 6.45) is 1.65. The number of thioether (sulfide) groups is 1. The first kappa shape index (κ1) is 18.2. The van der Waals surface area contributed by atoms with Gasteiger partial charge in [0.1, 0.15) is 6.54 Å². The van der Waals surface area contributed by atoms with E-state index >= 15 is 0 Å². The fourth-order valence-electron chi connectivity index (χ4n) is 2.06. The molecule has 0 saturated carbocycles. The summed E-state index contributed by atoms with van der Waals surface area (Å²) >= 11 is 11.6. The van der Waals surface area contributed by atoms with Crippen LogP contribution in [-0.4, -0.2) is 28.5 Å². The number of rotatable bonds is 4. The molecule has 3 rings (SSSR count). The number of anilines is 1. The Morgan fingerprint density at radius 2 is 2.12 bits per heavy atom. The van der Waals surface area contributed by atoms with Crippen molar-refractivity contribution >= 4 is 79.4 Å². The average molecular weight is 458 g/mol. The lowest BCUT2D eigenvalue weighted by molar-refractivity contribution is -0.127. The summed E-state index contributed by atoms with van der Waals surface area (Å²) in [4.78, 5) is 38.7. The number of amides is 3. The van der Waals surface area contributed by atoms with Gasteiger partial charge in [0.15, 0.2) is 0 Å². The number of benzene rings is 1. The van der Waals surface area contributed by atoms with Crippen LogP contribution in [-0.2, 0) is 9.59 Å². The molecular weight excluding hydrogens is 448 g/mol. The zero-order chi connectivity index (χ0) is 18.0. The van der Waals surface area contributed by atoms with Gasteiger partial charge in [0.25, 0.3) is 11.1 Å². The van der Waals surface area contributed by atoms with Gasteiger partial charge in [-0.3, -0.25) is 19.3 Å². The molecule has 1 saturated heterocycles. The van der Waals surface area contributed by atoms with Gasteiger partial charge in [-0.25, -0.2) is 0 Å². The number of nitrogens with one attached hydrogen (secondary N) is 1. The molecule has 1 aliphatic rings. The van der Waals surface area contributed by atoms with Crippen LogP contribution in [0.3, 0.4) is 0 Å². The molecule has 0 bridgehead atoms. The smallest absolute Gasteiger partial charge is 0.294 e. The minimum atomic E-state index is -0.496. The summed E-state index contributed by atoms with van der Waals surface area (Å²) in [6, 6.07) is 8.71.